The van der Waals surface area contributed by atoms with Crippen molar-refractivity contribution < 1.29 is 44.2 Å². The largest absolute Gasteiger partial charge is 0.418 e. The minimum absolute atomic E-state index is 0.151. The standard InChI is InChI=1S/C9H12F2O8S2/c10-9(11,21(15,16)17)8(12)18-6-3-1-4-5(2-3)20(13,14)19-7(4)6/h3-8,12H,1-2H2,(H,15,16,17). The summed E-state index contributed by atoms with van der Waals surface area (Å²) in [5.41, 5.74) is 0. The van der Waals surface area contributed by atoms with E-state index in [1.54, 1.807) is 0 Å². The summed E-state index contributed by atoms with van der Waals surface area (Å²) in [7, 11) is -9.64. The van der Waals surface area contributed by atoms with Gasteiger partial charge in [0.15, 0.2) is 0 Å². The highest BCUT2D eigenvalue weighted by Gasteiger charge is 2.66. The van der Waals surface area contributed by atoms with Gasteiger partial charge in [-0.1, -0.05) is 0 Å². The maximum atomic E-state index is 13.2. The molecule has 0 spiro atoms. The summed E-state index contributed by atoms with van der Waals surface area (Å²) in [6.45, 7) is 0. The molecule has 1 saturated heterocycles. The molecule has 2 N–H and O–H groups in total. The van der Waals surface area contributed by atoms with Crippen LogP contribution in [0.4, 0.5) is 8.78 Å². The fraction of sp³-hybridized carbons (Fsp3) is 1.00. The van der Waals surface area contributed by atoms with E-state index in [9.17, 15) is 30.7 Å². The van der Waals surface area contributed by atoms with Gasteiger partial charge < -0.3 is 9.84 Å². The average molecular weight is 350 g/mol. The molecule has 6 atom stereocenters. The molecular weight excluding hydrogens is 338 g/mol. The van der Waals surface area contributed by atoms with Gasteiger partial charge in [0, 0.05) is 5.92 Å². The number of aliphatic hydroxyl groups is 1. The number of aliphatic hydroxyl groups excluding tert-OH is 1. The third-order valence-corrected chi connectivity index (χ3v) is 6.99. The van der Waals surface area contributed by atoms with Crippen molar-refractivity contribution in [3.63, 3.8) is 0 Å². The maximum absolute atomic E-state index is 13.2. The number of alkyl halides is 2. The molecule has 21 heavy (non-hydrogen) atoms. The molecule has 0 aromatic carbocycles. The molecule has 2 aliphatic carbocycles. The number of fused-ring (bicyclic) bond motifs is 1. The first-order valence-corrected chi connectivity index (χ1v) is 8.97. The molecule has 3 fully saturated rings. The number of hydrogen-bond acceptors (Lipinski definition) is 7. The Morgan fingerprint density at radius 3 is 2.52 bits per heavy atom. The number of halogens is 2. The van der Waals surface area contributed by atoms with Crippen LogP contribution >= 0.6 is 0 Å². The summed E-state index contributed by atoms with van der Waals surface area (Å²) < 4.78 is 88.7. The summed E-state index contributed by atoms with van der Waals surface area (Å²) in [5, 5.41) is 3.63. The van der Waals surface area contributed by atoms with Crippen molar-refractivity contribution in [2.45, 2.75) is 41.8 Å². The topological polar surface area (TPSA) is 127 Å². The summed E-state index contributed by atoms with van der Waals surface area (Å²) in [5.74, 6) is -0.828. The normalized spacial score (nSPS) is 42.4. The van der Waals surface area contributed by atoms with Crippen LogP contribution in [0.15, 0.2) is 0 Å². The third-order valence-electron chi connectivity index (χ3n) is 4.33. The Kier molecular flexibility index (Phi) is 3.19. The molecule has 1 heterocycles. The highest BCUT2D eigenvalue weighted by Crippen LogP contribution is 2.55. The molecule has 0 aromatic rings. The Morgan fingerprint density at radius 2 is 1.95 bits per heavy atom. The smallest absolute Gasteiger partial charge is 0.362 e. The van der Waals surface area contributed by atoms with Crippen molar-refractivity contribution in [1.29, 1.82) is 0 Å². The monoisotopic (exact) mass is 350 g/mol. The van der Waals surface area contributed by atoms with Crippen LogP contribution in [-0.2, 0) is 29.2 Å². The van der Waals surface area contributed by atoms with Crippen LogP contribution in [0.25, 0.3) is 0 Å². The van der Waals surface area contributed by atoms with E-state index in [-0.39, 0.29) is 6.42 Å². The van der Waals surface area contributed by atoms with Crippen molar-refractivity contribution >= 4 is 20.2 Å². The molecule has 2 saturated carbocycles. The van der Waals surface area contributed by atoms with Crippen LogP contribution in [0.2, 0.25) is 0 Å². The zero-order valence-corrected chi connectivity index (χ0v) is 11.9. The van der Waals surface area contributed by atoms with E-state index in [1.165, 1.54) is 0 Å². The summed E-state index contributed by atoms with van der Waals surface area (Å²) in [6, 6.07) is 0. The van der Waals surface area contributed by atoms with Crippen LogP contribution in [-0.4, -0.2) is 55.5 Å². The zero-order chi connectivity index (χ0) is 15.8. The van der Waals surface area contributed by atoms with Gasteiger partial charge in [0.05, 0.1) is 11.4 Å². The Labute approximate surface area is 118 Å². The van der Waals surface area contributed by atoms with Crippen LogP contribution < -0.4 is 0 Å². The van der Waals surface area contributed by atoms with Crippen molar-refractivity contribution in [2.75, 3.05) is 0 Å². The van der Waals surface area contributed by atoms with E-state index in [2.05, 4.69) is 4.74 Å². The minimum atomic E-state index is -5.86. The van der Waals surface area contributed by atoms with Gasteiger partial charge in [-0.2, -0.15) is 25.6 Å². The van der Waals surface area contributed by atoms with Gasteiger partial charge in [0.2, 0.25) is 6.29 Å². The molecule has 2 bridgehead atoms. The number of hydrogen-bond donors (Lipinski definition) is 2. The van der Waals surface area contributed by atoms with Crippen molar-refractivity contribution in [3.8, 4) is 0 Å². The lowest BCUT2D eigenvalue weighted by molar-refractivity contribution is -0.236. The number of ether oxygens (including phenoxy) is 1. The molecule has 3 rings (SSSR count). The summed E-state index contributed by atoms with van der Waals surface area (Å²) in [4.78, 5) is 0. The van der Waals surface area contributed by atoms with Crippen molar-refractivity contribution in [3.05, 3.63) is 0 Å². The van der Waals surface area contributed by atoms with Gasteiger partial charge in [-0.15, -0.1) is 0 Å². The van der Waals surface area contributed by atoms with Gasteiger partial charge in [-0.3, -0.25) is 8.74 Å². The first-order valence-electron chi connectivity index (χ1n) is 6.05. The van der Waals surface area contributed by atoms with Gasteiger partial charge >= 0.3 is 15.4 Å². The van der Waals surface area contributed by atoms with Crippen LogP contribution in [0.3, 0.4) is 0 Å². The molecular formula is C9H12F2O8S2. The van der Waals surface area contributed by atoms with E-state index in [4.69, 9.17) is 8.74 Å². The molecule has 0 amide bonds. The lowest BCUT2D eigenvalue weighted by Crippen LogP contribution is -2.47. The molecule has 0 radical (unpaired) electrons. The second-order valence-corrected chi connectivity index (χ2v) is 8.76. The predicted molar refractivity (Wildman–Crippen MR) is 61.2 cm³/mol. The second kappa shape index (κ2) is 4.32. The predicted octanol–water partition coefficient (Wildman–Crippen LogP) is -0.692. The fourth-order valence-corrected chi connectivity index (χ4v) is 5.62. The average Bonchev–Trinajstić information content (AvgIpc) is 2.91. The Hall–Kier alpha value is -0.400. The van der Waals surface area contributed by atoms with E-state index in [0.717, 1.165) is 0 Å². The van der Waals surface area contributed by atoms with Crippen LogP contribution in [0, 0.1) is 11.8 Å². The van der Waals surface area contributed by atoms with E-state index in [0.29, 0.717) is 6.42 Å². The van der Waals surface area contributed by atoms with E-state index < -0.39 is 61.1 Å². The van der Waals surface area contributed by atoms with Crippen LogP contribution in [0.1, 0.15) is 12.8 Å². The minimum Gasteiger partial charge on any atom is -0.362 e. The molecule has 0 aromatic heterocycles. The molecule has 8 nitrogen and oxygen atoms in total. The first-order chi connectivity index (χ1) is 9.45. The van der Waals surface area contributed by atoms with Gasteiger partial charge in [-0.05, 0) is 18.8 Å². The summed E-state index contributed by atoms with van der Waals surface area (Å²) in [6.07, 6.45) is -4.75. The van der Waals surface area contributed by atoms with Gasteiger partial charge in [0.25, 0.3) is 10.1 Å². The molecule has 122 valence electrons. The van der Waals surface area contributed by atoms with Crippen LogP contribution in [0.5, 0.6) is 0 Å². The zero-order valence-electron chi connectivity index (χ0n) is 10.3. The van der Waals surface area contributed by atoms with E-state index in [1.807, 2.05) is 0 Å². The van der Waals surface area contributed by atoms with Gasteiger partial charge in [0.1, 0.15) is 6.10 Å². The van der Waals surface area contributed by atoms with Crippen molar-refractivity contribution in [2.24, 2.45) is 11.8 Å². The molecule has 3 aliphatic rings. The SMILES string of the molecule is O=S1(=O)OC2C3CC(CC31)C2OC(O)C(F)(F)S(=O)(=O)O. The highest BCUT2D eigenvalue weighted by atomic mass is 32.2. The third kappa shape index (κ3) is 2.11. The summed E-state index contributed by atoms with van der Waals surface area (Å²) >= 11 is 0. The quantitative estimate of drug-likeness (QED) is 0.387. The maximum Gasteiger partial charge on any atom is 0.418 e. The van der Waals surface area contributed by atoms with Crippen molar-refractivity contribution in [1.82, 2.24) is 0 Å². The molecule has 6 unspecified atom stereocenters. The number of rotatable bonds is 4. The molecule has 12 heteroatoms. The molecule has 1 aliphatic heterocycles. The van der Waals surface area contributed by atoms with E-state index >= 15 is 0 Å². The Morgan fingerprint density at radius 1 is 1.33 bits per heavy atom. The second-order valence-electron chi connectivity index (χ2n) is 5.48. The highest BCUT2D eigenvalue weighted by molar-refractivity contribution is 7.87. The Balaban J connectivity index is 1.79. The lowest BCUT2D eigenvalue weighted by Gasteiger charge is -2.29. The lowest BCUT2D eigenvalue weighted by atomic mass is 9.94. The Bertz CT molecular complexity index is 659. The fourth-order valence-electron chi connectivity index (χ4n) is 3.42. The van der Waals surface area contributed by atoms with Gasteiger partial charge in [-0.25, -0.2) is 0 Å². The first kappa shape index (κ1) is 15.5.